The second-order valence-electron chi connectivity index (χ2n) is 11.2. The molecule has 3 N–H and O–H groups in total. The Morgan fingerprint density at radius 2 is 1.65 bits per heavy atom. The molecule has 10 nitrogen and oxygen atoms in total. The van der Waals surface area contributed by atoms with Crippen molar-refractivity contribution < 1.29 is 31.8 Å². The minimum atomic E-state index is -4.08. The summed E-state index contributed by atoms with van der Waals surface area (Å²) in [7, 11) is -7.66. The molecule has 0 aromatic heterocycles. The normalized spacial score (nSPS) is 20.6. The molecule has 0 unspecified atom stereocenters. The summed E-state index contributed by atoms with van der Waals surface area (Å²) in [5, 5.41) is 23.3. The van der Waals surface area contributed by atoms with Crippen molar-refractivity contribution in [3.8, 4) is 0 Å². The molecule has 222 valence electrons. The zero-order valence-electron chi connectivity index (χ0n) is 23.4. The number of aliphatic hydroxyl groups is 1. The van der Waals surface area contributed by atoms with Gasteiger partial charge in [-0.2, -0.15) is 4.31 Å². The molecule has 1 heterocycles. The van der Waals surface area contributed by atoms with Crippen LogP contribution < -0.4 is 10.8 Å². The molecule has 12 heteroatoms. The first kappa shape index (κ1) is 31.9. The summed E-state index contributed by atoms with van der Waals surface area (Å²) in [6, 6.07) is 12.5. The van der Waals surface area contributed by atoms with Crippen molar-refractivity contribution in [2.24, 2.45) is 11.8 Å². The molecule has 2 aromatic carbocycles. The topological polar surface area (TPSA) is 161 Å². The van der Waals surface area contributed by atoms with Gasteiger partial charge < -0.3 is 25.6 Å². The summed E-state index contributed by atoms with van der Waals surface area (Å²) in [5.41, 5.74) is 6.84. The molecule has 3 rings (SSSR count). The smallest absolute Gasteiger partial charge is 0.243 e. The maximum absolute atomic E-state index is 13.6. The summed E-state index contributed by atoms with van der Waals surface area (Å²) in [6.07, 6.45) is -2.99. The van der Waals surface area contributed by atoms with Crippen LogP contribution in [-0.2, 0) is 26.3 Å². The molecule has 1 aliphatic rings. The Morgan fingerprint density at radius 3 is 2.17 bits per heavy atom. The molecule has 1 saturated heterocycles. The number of anilines is 1. The Morgan fingerprint density at radius 1 is 1.05 bits per heavy atom. The van der Waals surface area contributed by atoms with Crippen molar-refractivity contribution in [1.82, 2.24) is 9.21 Å². The third-order valence-electron chi connectivity index (χ3n) is 7.28. The van der Waals surface area contributed by atoms with Crippen molar-refractivity contribution in [2.45, 2.75) is 68.9 Å². The highest BCUT2D eigenvalue weighted by molar-refractivity contribution is 7.92. The maximum Gasteiger partial charge on any atom is 0.243 e. The number of amides is 1. The Labute approximate surface area is 237 Å². The Kier molecular flexibility index (Phi) is 10.3. The monoisotopic (exact) mass is 594 g/mol. The molecule has 0 spiro atoms. The molecule has 0 radical (unpaired) electrons. The second kappa shape index (κ2) is 12.9. The summed E-state index contributed by atoms with van der Waals surface area (Å²) in [4.78, 5) is 13.6. The average molecular weight is 595 g/mol. The van der Waals surface area contributed by atoms with E-state index in [1.54, 1.807) is 44.2 Å². The average Bonchev–Trinajstić information content (AvgIpc) is 3.18. The minimum Gasteiger partial charge on any atom is -0.530 e. The van der Waals surface area contributed by atoms with Crippen LogP contribution in [0.15, 0.2) is 59.5 Å². The number of carbonyl (C=O) groups is 1. The molecule has 1 fully saturated rings. The number of nitrogens with zero attached hydrogens (tertiary/aromatic N) is 2. The number of carbonyl (C=O) groups excluding carboxylic acids is 1. The van der Waals surface area contributed by atoms with E-state index in [9.17, 15) is 31.8 Å². The molecule has 0 bridgehead atoms. The SMILES string of the molecule is CC(C)CN(C[C@@H](O)[C@H](Cc1ccccc1)N(C(=O)[O-])[C@@H]1CCS(=O)(=O)[C@@H]1C(C)C)S(=O)(=O)c1ccc(N)cc1. The molecular weight excluding hydrogens is 554 g/mol. The predicted molar refractivity (Wildman–Crippen MR) is 152 cm³/mol. The number of aliphatic hydroxyl groups excluding tert-OH is 1. The summed E-state index contributed by atoms with van der Waals surface area (Å²) < 4.78 is 54.2. The van der Waals surface area contributed by atoms with E-state index in [4.69, 9.17) is 5.73 Å². The van der Waals surface area contributed by atoms with Gasteiger partial charge >= 0.3 is 0 Å². The van der Waals surface area contributed by atoms with Crippen molar-refractivity contribution in [3.05, 3.63) is 60.2 Å². The predicted octanol–water partition coefficient (Wildman–Crippen LogP) is 1.74. The van der Waals surface area contributed by atoms with Gasteiger partial charge in [-0.15, -0.1) is 0 Å². The lowest BCUT2D eigenvalue weighted by Crippen LogP contribution is -2.61. The highest BCUT2D eigenvalue weighted by atomic mass is 32.2. The number of nitrogen functional groups attached to an aromatic ring is 1. The first-order valence-electron chi connectivity index (χ1n) is 13.4. The van der Waals surface area contributed by atoms with Crippen molar-refractivity contribution in [1.29, 1.82) is 0 Å². The lowest BCUT2D eigenvalue weighted by molar-refractivity contribution is -0.272. The lowest BCUT2D eigenvalue weighted by Gasteiger charge is -2.44. The van der Waals surface area contributed by atoms with E-state index in [-0.39, 0.29) is 41.9 Å². The highest BCUT2D eigenvalue weighted by Gasteiger charge is 2.48. The molecule has 1 aliphatic heterocycles. The quantitative estimate of drug-likeness (QED) is 0.351. The van der Waals surface area contributed by atoms with Crippen molar-refractivity contribution in [2.75, 3.05) is 24.6 Å². The van der Waals surface area contributed by atoms with Crippen LogP contribution in [0.5, 0.6) is 0 Å². The highest BCUT2D eigenvalue weighted by Crippen LogP contribution is 2.33. The summed E-state index contributed by atoms with van der Waals surface area (Å²) in [6.45, 7) is 6.78. The van der Waals surface area contributed by atoms with Gasteiger partial charge in [-0.05, 0) is 54.5 Å². The second-order valence-corrected chi connectivity index (χ2v) is 15.4. The summed E-state index contributed by atoms with van der Waals surface area (Å²) >= 11 is 0. The zero-order valence-corrected chi connectivity index (χ0v) is 25.0. The van der Waals surface area contributed by atoms with Crippen LogP contribution in [0.4, 0.5) is 10.5 Å². The van der Waals surface area contributed by atoms with Gasteiger partial charge in [0.2, 0.25) is 10.0 Å². The summed E-state index contributed by atoms with van der Waals surface area (Å²) in [5.74, 6) is -0.660. The molecule has 4 atom stereocenters. The number of nitrogens with two attached hydrogens (primary N) is 1. The fourth-order valence-electron chi connectivity index (χ4n) is 5.57. The standard InChI is InChI=1S/C28H41N3O7S2/c1-19(2)17-30(40(37,38)23-12-10-22(29)11-13-23)18-26(32)25(16-21-8-6-5-7-9-21)31(28(33)34)24-14-15-39(35,36)27(24)20(3)4/h5-13,19-20,24-27,32H,14-18,29H2,1-4H3,(H,33,34)/p-1/t24-,25+,26-,27-/m1/s1. The number of rotatable bonds is 12. The van der Waals surface area contributed by atoms with Crippen molar-refractivity contribution in [3.63, 3.8) is 0 Å². The van der Waals surface area contributed by atoms with Gasteiger partial charge in [-0.3, -0.25) is 0 Å². The Hall–Kier alpha value is -2.67. The molecule has 40 heavy (non-hydrogen) atoms. The number of benzene rings is 2. The number of hydrogen-bond donors (Lipinski definition) is 2. The van der Waals surface area contributed by atoms with Gasteiger partial charge in [0.25, 0.3) is 0 Å². The van der Waals surface area contributed by atoms with Gasteiger partial charge in [0.05, 0.1) is 28.0 Å². The van der Waals surface area contributed by atoms with Gasteiger partial charge in [-0.25, -0.2) is 16.8 Å². The van der Waals surface area contributed by atoms with E-state index in [2.05, 4.69) is 0 Å². The van der Waals surface area contributed by atoms with Crippen LogP contribution in [0, 0.1) is 11.8 Å². The van der Waals surface area contributed by atoms with E-state index < -0.39 is 55.9 Å². The fourth-order valence-corrected chi connectivity index (χ4v) is 9.61. The first-order chi connectivity index (χ1) is 18.6. The van der Waals surface area contributed by atoms with E-state index in [0.29, 0.717) is 11.3 Å². The largest absolute Gasteiger partial charge is 0.530 e. The molecular formula is C28H40N3O7S2-. The molecule has 1 amide bonds. The third-order valence-corrected chi connectivity index (χ3v) is 11.6. The molecule has 0 saturated carbocycles. The number of sulfone groups is 1. The zero-order chi connectivity index (χ0) is 29.8. The van der Waals surface area contributed by atoms with Gasteiger partial charge in [0.15, 0.2) is 9.84 Å². The van der Waals surface area contributed by atoms with Gasteiger partial charge in [-0.1, -0.05) is 58.0 Å². The minimum absolute atomic E-state index is 0.00678. The van der Waals surface area contributed by atoms with Crippen LogP contribution in [0.2, 0.25) is 0 Å². The number of carboxylic acid groups (broad SMARTS) is 1. The maximum atomic E-state index is 13.6. The van der Waals surface area contributed by atoms with Crippen LogP contribution in [0.3, 0.4) is 0 Å². The van der Waals surface area contributed by atoms with Crippen LogP contribution in [0.1, 0.15) is 39.7 Å². The van der Waals surface area contributed by atoms with Crippen LogP contribution in [0.25, 0.3) is 0 Å². The molecule has 0 aliphatic carbocycles. The van der Waals surface area contributed by atoms with Crippen molar-refractivity contribution >= 4 is 31.6 Å². The van der Waals surface area contributed by atoms with Gasteiger partial charge in [0, 0.05) is 24.8 Å². The van der Waals surface area contributed by atoms with Crippen LogP contribution >= 0.6 is 0 Å². The number of sulfonamides is 1. The first-order valence-corrected chi connectivity index (χ1v) is 16.6. The molecule has 2 aromatic rings. The number of hydrogen-bond acceptors (Lipinski definition) is 8. The van der Waals surface area contributed by atoms with Gasteiger partial charge in [0.1, 0.15) is 6.09 Å². The van der Waals surface area contributed by atoms with E-state index in [1.807, 2.05) is 13.8 Å². The third kappa shape index (κ3) is 7.34. The lowest BCUT2D eigenvalue weighted by atomic mass is 9.94. The van der Waals surface area contributed by atoms with E-state index in [0.717, 1.165) is 9.21 Å². The van der Waals surface area contributed by atoms with E-state index in [1.165, 1.54) is 24.3 Å². The Bertz CT molecular complexity index is 1350. The Balaban J connectivity index is 2.05. The fraction of sp³-hybridized carbons (Fsp3) is 0.536. The van der Waals surface area contributed by atoms with Crippen LogP contribution in [-0.4, -0.2) is 79.5 Å². The van der Waals surface area contributed by atoms with E-state index >= 15 is 0 Å².